The molecule has 0 atom stereocenters. The van der Waals surface area contributed by atoms with Crippen LogP contribution in [-0.4, -0.2) is 0 Å². The molecule has 0 saturated heterocycles. The van der Waals surface area contributed by atoms with Crippen molar-refractivity contribution in [2.75, 3.05) is 19.6 Å². The van der Waals surface area contributed by atoms with Gasteiger partial charge in [-0.2, -0.15) is 0 Å². The third-order valence-electron chi connectivity index (χ3n) is 16.4. The Morgan fingerprint density at radius 3 is 1.02 bits per heavy atom. The molecule has 4 nitrogen and oxygen atoms in total. The van der Waals surface area contributed by atoms with Crippen LogP contribution in [0.5, 0.6) is 0 Å². The molecule has 11 aromatic rings. The minimum Gasteiger partial charge on any atom is -0.313 e. The van der Waals surface area contributed by atoms with Gasteiger partial charge in [0.2, 0.25) is 0 Å². The fourth-order valence-corrected chi connectivity index (χ4v) is 12.6. The summed E-state index contributed by atoms with van der Waals surface area (Å²) in [4.78, 5) is 9.66. The first kappa shape index (κ1) is 48.4. The van der Waals surface area contributed by atoms with Crippen molar-refractivity contribution in [1.29, 1.82) is 0 Å². The van der Waals surface area contributed by atoms with Gasteiger partial charge in [0.25, 0.3) is 0 Å². The van der Waals surface area contributed by atoms with Crippen LogP contribution < -0.4 is 19.6 Å². The van der Waals surface area contributed by atoms with Gasteiger partial charge in [0.1, 0.15) is 0 Å². The zero-order valence-electron chi connectivity index (χ0n) is 45.2. The van der Waals surface area contributed by atoms with E-state index in [0.29, 0.717) is 0 Å². The van der Waals surface area contributed by atoms with Crippen LogP contribution in [0.25, 0.3) is 28.9 Å². The molecule has 4 aliphatic rings. The van der Waals surface area contributed by atoms with E-state index in [1.54, 1.807) is 0 Å². The van der Waals surface area contributed by atoms with Crippen molar-refractivity contribution in [2.24, 2.45) is 0 Å². The van der Waals surface area contributed by atoms with Crippen LogP contribution in [0.4, 0.5) is 62.6 Å². The predicted octanol–water partition coefficient (Wildman–Crippen LogP) is 21.1. The smallest absolute Gasteiger partial charge is 0.0540 e. The Balaban J connectivity index is 0.847. The SMILES string of the molecule is C1=CC2=C(CC1)N(c1ccccc1)c1ccccc1C(c1ccc(N(c3ccc(C4=Cc5ccccc5N(c5ccccc5)c5ccccc54)cc3)c3ccc(C4=Cc5ccccc5N(c5ccccc5)c5ccccc54)cc3)cc1)=C2. The fraction of sp³-hybridized carbons (Fsp3) is 0.0256. The molecule has 0 spiro atoms. The lowest BCUT2D eigenvalue weighted by Gasteiger charge is -2.30. The third kappa shape index (κ3) is 8.66. The number of hydrogen-bond donors (Lipinski definition) is 0. The second-order valence-corrected chi connectivity index (χ2v) is 21.2. The highest BCUT2D eigenvalue weighted by molar-refractivity contribution is 6.05. The summed E-state index contributed by atoms with van der Waals surface area (Å²) >= 11 is 0. The fourth-order valence-electron chi connectivity index (χ4n) is 12.6. The molecule has 15 rings (SSSR count). The van der Waals surface area contributed by atoms with Crippen molar-refractivity contribution >= 4 is 91.4 Å². The summed E-state index contributed by atoms with van der Waals surface area (Å²) in [6, 6.07) is 104. The third-order valence-corrected chi connectivity index (χ3v) is 16.4. The van der Waals surface area contributed by atoms with Crippen LogP contribution in [0.1, 0.15) is 57.3 Å². The lowest BCUT2D eigenvalue weighted by molar-refractivity contribution is 0.907. The maximum atomic E-state index is 2.48. The van der Waals surface area contributed by atoms with Crippen molar-refractivity contribution in [3.63, 3.8) is 0 Å². The Hall–Kier alpha value is -10.7. The van der Waals surface area contributed by atoms with Gasteiger partial charge in [0, 0.05) is 56.5 Å². The molecule has 0 fully saturated rings. The van der Waals surface area contributed by atoms with Crippen LogP contribution in [0.3, 0.4) is 0 Å². The summed E-state index contributed by atoms with van der Waals surface area (Å²) in [7, 11) is 0. The van der Waals surface area contributed by atoms with E-state index in [-0.39, 0.29) is 0 Å². The van der Waals surface area contributed by atoms with E-state index in [4.69, 9.17) is 0 Å². The topological polar surface area (TPSA) is 13.0 Å². The van der Waals surface area contributed by atoms with Gasteiger partial charge in [-0.25, -0.2) is 0 Å². The molecular formula is C78H56N4. The molecule has 0 N–H and O–H groups in total. The Bertz CT molecular complexity index is 4170. The number of rotatable bonds is 9. The average molecular weight is 1050 g/mol. The van der Waals surface area contributed by atoms with Crippen molar-refractivity contribution in [2.45, 2.75) is 12.8 Å². The van der Waals surface area contributed by atoms with Gasteiger partial charge in [-0.05, 0) is 184 Å². The normalized spacial score (nSPS) is 14.0. The minimum atomic E-state index is 0.969. The molecule has 3 heterocycles. The monoisotopic (exact) mass is 1050 g/mol. The minimum absolute atomic E-state index is 0.969. The zero-order chi connectivity index (χ0) is 54.3. The Labute approximate surface area is 480 Å². The molecule has 0 amide bonds. The lowest BCUT2D eigenvalue weighted by Crippen LogP contribution is -2.19. The molecule has 0 aromatic heterocycles. The second kappa shape index (κ2) is 20.8. The number of hydrogen-bond acceptors (Lipinski definition) is 4. The van der Waals surface area contributed by atoms with Gasteiger partial charge in [0.15, 0.2) is 0 Å². The van der Waals surface area contributed by atoms with Crippen molar-refractivity contribution in [3.05, 3.63) is 359 Å². The van der Waals surface area contributed by atoms with Crippen LogP contribution in [-0.2, 0) is 0 Å². The zero-order valence-corrected chi connectivity index (χ0v) is 45.2. The molecular weight excluding hydrogens is 993 g/mol. The molecule has 0 saturated carbocycles. The van der Waals surface area contributed by atoms with Crippen LogP contribution in [0.15, 0.2) is 315 Å². The van der Waals surface area contributed by atoms with E-state index in [1.165, 1.54) is 56.1 Å². The number of benzene rings is 11. The van der Waals surface area contributed by atoms with Crippen molar-refractivity contribution in [3.8, 4) is 0 Å². The molecule has 82 heavy (non-hydrogen) atoms. The quantitative estimate of drug-likeness (QED) is 0.143. The Morgan fingerprint density at radius 1 is 0.280 bits per heavy atom. The highest BCUT2D eigenvalue weighted by atomic mass is 15.2. The first-order valence-electron chi connectivity index (χ1n) is 28.4. The van der Waals surface area contributed by atoms with Gasteiger partial charge >= 0.3 is 0 Å². The van der Waals surface area contributed by atoms with E-state index in [1.807, 2.05) is 0 Å². The van der Waals surface area contributed by atoms with Crippen LogP contribution >= 0.6 is 0 Å². The Kier molecular flexibility index (Phi) is 12.3. The van der Waals surface area contributed by atoms with Gasteiger partial charge in [0.05, 0.1) is 28.4 Å². The largest absolute Gasteiger partial charge is 0.313 e. The first-order valence-corrected chi connectivity index (χ1v) is 28.4. The molecule has 388 valence electrons. The molecule has 0 unspecified atom stereocenters. The summed E-state index contributed by atoms with van der Waals surface area (Å²) in [5.41, 5.74) is 27.8. The van der Waals surface area contributed by atoms with Gasteiger partial charge in [-0.3, -0.25) is 0 Å². The highest BCUT2D eigenvalue weighted by Gasteiger charge is 2.29. The summed E-state index contributed by atoms with van der Waals surface area (Å²) in [6.07, 6.45) is 13.7. The number of fused-ring (bicyclic) bond motifs is 5. The molecule has 0 bridgehead atoms. The molecule has 4 heteroatoms. The van der Waals surface area contributed by atoms with Crippen LogP contribution in [0.2, 0.25) is 0 Å². The Morgan fingerprint density at radius 2 is 0.610 bits per heavy atom. The van der Waals surface area contributed by atoms with Crippen molar-refractivity contribution in [1.82, 2.24) is 0 Å². The van der Waals surface area contributed by atoms with Gasteiger partial charge in [-0.15, -0.1) is 0 Å². The summed E-state index contributed by atoms with van der Waals surface area (Å²) in [6.45, 7) is 0. The lowest BCUT2D eigenvalue weighted by atomic mass is 9.93. The maximum Gasteiger partial charge on any atom is 0.0540 e. The van der Waals surface area contributed by atoms with E-state index >= 15 is 0 Å². The van der Waals surface area contributed by atoms with Crippen LogP contribution in [0, 0.1) is 0 Å². The highest BCUT2D eigenvalue weighted by Crippen LogP contribution is 2.50. The van der Waals surface area contributed by atoms with E-state index in [9.17, 15) is 0 Å². The van der Waals surface area contributed by atoms with E-state index in [0.717, 1.165) is 91.8 Å². The maximum absolute atomic E-state index is 2.48. The van der Waals surface area contributed by atoms with E-state index in [2.05, 4.69) is 335 Å². The molecule has 1 aliphatic carbocycles. The average Bonchev–Trinajstić information content (AvgIpc) is 4.04. The summed E-state index contributed by atoms with van der Waals surface area (Å²) in [5.74, 6) is 0. The van der Waals surface area contributed by atoms with Crippen molar-refractivity contribution < 1.29 is 0 Å². The van der Waals surface area contributed by atoms with Gasteiger partial charge in [-0.1, -0.05) is 194 Å². The number of para-hydroxylation sites is 8. The number of allylic oxidation sites excluding steroid dienone is 5. The summed E-state index contributed by atoms with van der Waals surface area (Å²) in [5, 5.41) is 0. The molecule has 0 radical (unpaired) electrons. The van der Waals surface area contributed by atoms with Gasteiger partial charge < -0.3 is 19.6 Å². The standard InChI is InChI=1S/C78H56N4/c1-4-25-61(26-5-1)80-73-34-16-10-22-58(73)52-70(67-31-13-19-37-76(67)80)55-40-46-64(47-41-55)79(65-48-42-56(43-49-65)71-53-59-23-11-17-35-74(59)81(62-27-6-2-7-28-62)77-38-20-14-32-68(71)77)66-50-44-57(45-51-66)72-54-60-24-12-18-36-75(60)82(63-29-8-3-9-30-63)78-39-21-15-33-69(72)78/h1-17,19-35,37-54H,18,36H2. The number of anilines is 11. The first-order chi connectivity index (χ1) is 40.7. The second-order valence-electron chi connectivity index (χ2n) is 21.2. The number of nitrogens with zero attached hydrogens (tertiary/aromatic N) is 4. The molecule has 3 aliphatic heterocycles. The molecule has 11 aromatic carbocycles. The summed E-state index contributed by atoms with van der Waals surface area (Å²) < 4.78 is 0. The predicted molar refractivity (Wildman–Crippen MR) is 345 cm³/mol. The van der Waals surface area contributed by atoms with E-state index < -0.39 is 0 Å².